The number of hydrogen-bond acceptors (Lipinski definition) is 4. The lowest BCUT2D eigenvalue weighted by Crippen LogP contribution is -2.32. The van der Waals surface area contributed by atoms with Crippen molar-refractivity contribution in [2.45, 2.75) is 44.7 Å². The van der Waals surface area contributed by atoms with Gasteiger partial charge in [0.25, 0.3) is 0 Å². The minimum atomic E-state index is -1.44. The predicted octanol–water partition coefficient (Wildman–Crippen LogP) is 2.76. The molecular formula is C14H23BrO4Si. The first-order chi connectivity index (χ1) is 8.99. The van der Waals surface area contributed by atoms with E-state index in [0.29, 0.717) is 6.42 Å². The summed E-state index contributed by atoms with van der Waals surface area (Å²) in [6.07, 6.45) is 0.306. The molecule has 0 amide bonds. The minimum Gasteiger partial charge on any atom is -0.468 e. The number of rotatable bonds is 5. The van der Waals surface area contributed by atoms with E-state index in [4.69, 9.17) is 4.74 Å². The molecule has 20 heavy (non-hydrogen) atoms. The number of ether oxygens (including phenoxy) is 2. The van der Waals surface area contributed by atoms with Gasteiger partial charge in [-0.15, -0.1) is 5.54 Å². The molecule has 114 valence electrons. The van der Waals surface area contributed by atoms with E-state index in [0.717, 1.165) is 0 Å². The van der Waals surface area contributed by atoms with Gasteiger partial charge in [-0.2, -0.15) is 0 Å². The van der Waals surface area contributed by atoms with Crippen molar-refractivity contribution in [2.24, 2.45) is 5.41 Å². The fraction of sp³-hybridized carbons (Fsp3) is 0.714. The summed E-state index contributed by atoms with van der Waals surface area (Å²) in [6.45, 7) is 9.93. The van der Waals surface area contributed by atoms with Crippen molar-refractivity contribution >= 4 is 35.9 Å². The fourth-order valence-corrected chi connectivity index (χ4v) is 2.94. The number of methoxy groups -OCH3 is 1. The molecule has 1 atom stereocenters. The molecule has 0 aliphatic rings. The third-order valence-corrected chi connectivity index (χ3v) is 4.06. The summed E-state index contributed by atoms with van der Waals surface area (Å²) in [7, 11) is -0.129. The molecule has 1 unspecified atom stereocenters. The maximum absolute atomic E-state index is 12.0. The molecule has 0 N–H and O–H groups in total. The van der Waals surface area contributed by atoms with Gasteiger partial charge in [0.1, 0.15) is 12.9 Å². The van der Waals surface area contributed by atoms with E-state index < -0.39 is 24.3 Å². The molecule has 0 aromatic carbocycles. The largest absolute Gasteiger partial charge is 0.468 e. The molecule has 0 bridgehead atoms. The molecule has 0 aliphatic carbocycles. The average molecular weight is 363 g/mol. The first kappa shape index (κ1) is 19.2. The lowest BCUT2D eigenvalue weighted by molar-refractivity contribution is -0.153. The van der Waals surface area contributed by atoms with E-state index in [2.05, 4.69) is 51.8 Å². The average Bonchev–Trinajstić information content (AvgIpc) is 2.31. The highest BCUT2D eigenvalue weighted by molar-refractivity contribution is 9.10. The molecular weight excluding hydrogens is 340 g/mol. The third kappa shape index (κ3) is 7.71. The Kier molecular flexibility index (Phi) is 7.53. The van der Waals surface area contributed by atoms with Gasteiger partial charge < -0.3 is 9.47 Å². The van der Waals surface area contributed by atoms with Crippen LogP contribution in [0.5, 0.6) is 0 Å². The topological polar surface area (TPSA) is 52.6 Å². The van der Waals surface area contributed by atoms with Gasteiger partial charge in [-0.05, 0) is 20.3 Å². The van der Waals surface area contributed by atoms with E-state index in [1.165, 1.54) is 7.11 Å². The van der Waals surface area contributed by atoms with Gasteiger partial charge >= 0.3 is 11.9 Å². The monoisotopic (exact) mass is 362 g/mol. The van der Waals surface area contributed by atoms with Crippen molar-refractivity contribution < 1.29 is 19.1 Å². The predicted molar refractivity (Wildman–Crippen MR) is 85.2 cm³/mol. The van der Waals surface area contributed by atoms with Crippen LogP contribution >= 0.6 is 15.9 Å². The van der Waals surface area contributed by atoms with Crippen molar-refractivity contribution in [3.05, 3.63) is 0 Å². The van der Waals surface area contributed by atoms with Crippen molar-refractivity contribution in [3.8, 4) is 11.5 Å². The summed E-state index contributed by atoms with van der Waals surface area (Å²) in [4.78, 5) is 22.8. The second-order valence-corrected chi connectivity index (χ2v) is 12.1. The van der Waals surface area contributed by atoms with Gasteiger partial charge in [0, 0.05) is 0 Å². The van der Waals surface area contributed by atoms with Crippen LogP contribution in [-0.2, 0) is 19.1 Å². The first-order valence-electron chi connectivity index (χ1n) is 6.39. The van der Waals surface area contributed by atoms with Crippen LogP contribution in [0.1, 0.15) is 20.3 Å². The molecule has 0 saturated carbocycles. The summed E-state index contributed by atoms with van der Waals surface area (Å²) in [5.74, 6) is 2.12. The minimum absolute atomic E-state index is 0.0950. The van der Waals surface area contributed by atoms with Crippen LogP contribution in [0.2, 0.25) is 19.6 Å². The lowest BCUT2D eigenvalue weighted by Gasteiger charge is -2.23. The van der Waals surface area contributed by atoms with E-state index in [1.54, 1.807) is 13.8 Å². The summed E-state index contributed by atoms with van der Waals surface area (Å²) in [5.41, 5.74) is 2.35. The Labute approximate surface area is 130 Å². The molecule has 0 aromatic heterocycles. The Morgan fingerprint density at radius 3 is 2.30 bits per heavy atom. The van der Waals surface area contributed by atoms with Crippen LogP contribution in [0.25, 0.3) is 0 Å². The van der Waals surface area contributed by atoms with Crippen molar-refractivity contribution in [3.63, 3.8) is 0 Å². The number of halogens is 1. The number of hydrogen-bond donors (Lipinski definition) is 0. The van der Waals surface area contributed by atoms with Gasteiger partial charge in [0.05, 0.1) is 12.5 Å². The van der Waals surface area contributed by atoms with Gasteiger partial charge in [-0.1, -0.05) is 41.5 Å². The van der Waals surface area contributed by atoms with Crippen molar-refractivity contribution in [1.29, 1.82) is 0 Å². The third-order valence-electron chi connectivity index (χ3n) is 2.44. The maximum Gasteiger partial charge on any atom is 0.319 e. The number of carbonyl (C=O) groups excluding carboxylic acids is 2. The molecule has 0 heterocycles. The lowest BCUT2D eigenvalue weighted by atomic mass is 9.88. The van der Waals surface area contributed by atoms with Crippen LogP contribution in [-0.4, -0.2) is 38.6 Å². The van der Waals surface area contributed by atoms with Gasteiger partial charge in [-0.25, -0.2) is 0 Å². The molecule has 6 heteroatoms. The van der Waals surface area contributed by atoms with Crippen LogP contribution in [0.3, 0.4) is 0 Å². The van der Waals surface area contributed by atoms with Gasteiger partial charge in [0.15, 0.2) is 6.61 Å². The van der Waals surface area contributed by atoms with E-state index in [1.807, 2.05) is 0 Å². The second-order valence-electron chi connectivity index (χ2n) is 6.21. The molecule has 0 radical (unpaired) electrons. The zero-order valence-corrected chi connectivity index (χ0v) is 15.6. The highest BCUT2D eigenvalue weighted by atomic mass is 79.9. The van der Waals surface area contributed by atoms with Crippen molar-refractivity contribution in [2.75, 3.05) is 13.7 Å². The molecule has 4 nitrogen and oxygen atoms in total. The summed E-state index contributed by atoms with van der Waals surface area (Å²) in [6, 6.07) is 0. The highest BCUT2D eigenvalue weighted by Crippen LogP contribution is 2.27. The zero-order chi connectivity index (χ0) is 16.0. The Hall–Kier alpha value is -0.803. The summed E-state index contributed by atoms with van der Waals surface area (Å²) < 4.78 is 9.77. The van der Waals surface area contributed by atoms with Crippen LogP contribution in [0, 0.1) is 16.9 Å². The van der Waals surface area contributed by atoms with Crippen LogP contribution < -0.4 is 0 Å². The van der Waals surface area contributed by atoms with Crippen LogP contribution in [0.15, 0.2) is 0 Å². The number of esters is 2. The molecule has 0 saturated heterocycles. The smallest absolute Gasteiger partial charge is 0.319 e. The SMILES string of the molecule is COC(=O)C(Br)CC(C)(C)C(=O)OCC#C[Si](C)(C)C. The first-order valence-corrected chi connectivity index (χ1v) is 10.8. The molecule has 0 fully saturated rings. The highest BCUT2D eigenvalue weighted by Gasteiger charge is 2.34. The van der Waals surface area contributed by atoms with E-state index in [9.17, 15) is 9.59 Å². The Morgan fingerprint density at radius 2 is 1.85 bits per heavy atom. The number of carbonyl (C=O) groups is 2. The zero-order valence-electron chi connectivity index (χ0n) is 13.0. The standard InChI is InChI=1S/C14H23BrO4Si/c1-14(2,10-11(15)12(16)18-3)13(17)19-8-7-9-20(4,5)6/h11H,8,10H2,1-6H3. The Morgan fingerprint density at radius 1 is 1.30 bits per heavy atom. The molecule has 0 spiro atoms. The van der Waals surface area contributed by atoms with Crippen LogP contribution in [0.4, 0.5) is 0 Å². The maximum atomic E-state index is 12.0. The van der Waals surface area contributed by atoms with E-state index in [-0.39, 0.29) is 12.6 Å². The number of alkyl halides is 1. The van der Waals surface area contributed by atoms with E-state index >= 15 is 0 Å². The fourth-order valence-electron chi connectivity index (χ4n) is 1.34. The summed E-state index contributed by atoms with van der Waals surface area (Å²) in [5, 5.41) is 0. The molecule has 0 rings (SSSR count). The Balaban J connectivity index is 4.44. The quantitative estimate of drug-likeness (QED) is 0.326. The van der Waals surface area contributed by atoms with Gasteiger partial charge in [0.2, 0.25) is 0 Å². The normalized spacial score (nSPS) is 12.9. The van der Waals surface area contributed by atoms with Crippen molar-refractivity contribution in [1.82, 2.24) is 0 Å². The second kappa shape index (κ2) is 7.84. The molecule has 0 aliphatic heterocycles. The van der Waals surface area contributed by atoms with Gasteiger partial charge in [-0.3, -0.25) is 9.59 Å². The summed E-state index contributed by atoms with van der Waals surface area (Å²) >= 11 is 3.21. The molecule has 0 aromatic rings. The Bertz CT molecular complexity index is 415.